The third-order valence-corrected chi connectivity index (χ3v) is 6.03. The zero-order chi connectivity index (χ0) is 21.2. The molecule has 2 saturated heterocycles. The Morgan fingerprint density at radius 3 is 2.59 bits per heavy atom. The fourth-order valence-electron chi connectivity index (χ4n) is 4.48. The minimum atomic E-state index is -0.233. The Kier molecular flexibility index (Phi) is 6.58. The number of Topliss-reactive ketones (excluding diaryl/α,β-unsaturated/α-hetero) is 1. The molecule has 0 radical (unpaired) electrons. The van der Waals surface area contributed by atoms with Gasteiger partial charge in [0.05, 0.1) is 30.0 Å². The molecule has 0 bridgehead atoms. The molecule has 2 aliphatic heterocycles. The lowest BCUT2D eigenvalue weighted by molar-refractivity contribution is -0.149. The number of morpholine rings is 1. The van der Waals surface area contributed by atoms with Gasteiger partial charge in [-0.15, -0.1) is 0 Å². The van der Waals surface area contributed by atoms with E-state index >= 15 is 0 Å². The second-order valence-electron chi connectivity index (χ2n) is 8.69. The van der Waals surface area contributed by atoms with Gasteiger partial charge in [0.15, 0.2) is 5.78 Å². The zero-order valence-electron chi connectivity index (χ0n) is 18.5. The van der Waals surface area contributed by atoms with Crippen molar-refractivity contribution in [3.8, 4) is 0 Å². The van der Waals surface area contributed by atoms with Crippen molar-refractivity contribution in [2.45, 2.75) is 59.6 Å². The second-order valence-corrected chi connectivity index (χ2v) is 8.69. The van der Waals surface area contributed by atoms with E-state index in [0.717, 1.165) is 37.4 Å². The number of aromatic nitrogens is 2. The van der Waals surface area contributed by atoms with Gasteiger partial charge in [0.25, 0.3) is 0 Å². The molecule has 1 unspecified atom stereocenters. The van der Waals surface area contributed by atoms with Crippen molar-refractivity contribution in [3.05, 3.63) is 28.6 Å². The lowest BCUT2D eigenvalue weighted by atomic mass is 10.0. The van der Waals surface area contributed by atoms with Gasteiger partial charge in [-0.2, -0.15) is 5.10 Å². The van der Waals surface area contributed by atoms with Crippen LogP contribution in [0, 0.1) is 13.8 Å². The van der Waals surface area contributed by atoms with E-state index in [9.17, 15) is 9.59 Å². The maximum absolute atomic E-state index is 12.9. The van der Waals surface area contributed by atoms with Crippen LogP contribution in [0.5, 0.6) is 0 Å². The van der Waals surface area contributed by atoms with Crippen molar-refractivity contribution in [1.29, 1.82) is 0 Å². The molecule has 29 heavy (non-hydrogen) atoms. The van der Waals surface area contributed by atoms with E-state index in [1.807, 2.05) is 18.7 Å². The Morgan fingerprint density at radius 2 is 1.93 bits per heavy atom. The van der Waals surface area contributed by atoms with Crippen LogP contribution in [0.25, 0.3) is 0 Å². The first-order valence-corrected chi connectivity index (χ1v) is 10.5. The number of aryl methyl sites for hydroxylation is 2. The molecular formula is C22H34N4O3. The van der Waals surface area contributed by atoms with Gasteiger partial charge in [-0.1, -0.05) is 11.6 Å². The maximum atomic E-state index is 12.9. The first kappa shape index (κ1) is 21.7. The van der Waals surface area contributed by atoms with Crippen LogP contribution in [0.1, 0.15) is 55.4 Å². The number of likely N-dealkylation sites (tertiary alicyclic amines) is 1. The van der Waals surface area contributed by atoms with Crippen molar-refractivity contribution in [2.24, 2.45) is 0 Å². The summed E-state index contributed by atoms with van der Waals surface area (Å²) in [5.74, 6) is 0.152. The van der Waals surface area contributed by atoms with Crippen LogP contribution in [-0.4, -0.2) is 76.2 Å². The van der Waals surface area contributed by atoms with Crippen LogP contribution < -0.4 is 0 Å². The molecular weight excluding hydrogens is 368 g/mol. The van der Waals surface area contributed by atoms with Gasteiger partial charge >= 0.3 is 0 Å². The summed E-state index contributed by atoms with van der Waals surface area (Å²) in [5, 5.41) is 4.45. The first-order valence-electron chi connectivity index (χ1n) is 10.5. The number of hydrogen-bond acceptors (Lipinski definition) is 5. The van der Waals surface area contributed by atoms with E-state index in [1.54, 1.807) is 11.6 Å². The molecule has 0 saturated carbocycles. The van der Waals surface area contributed by atoms with Crippen LogP contribution in [-0.2, 0) is 16.1 Å². The predicted octanol–water partition coefficient (Wildman–Crippen LogP) is 2.36. The molecule has 1 aromatic heterocycles. The van der Waals surface area contributed by atoms with Crippen molar-refractivity contribution >= 4 is 11.7 Å². The van der Waals surface area contributed by atoms with Gasteiger partial charge in [0.1, 0.15) is 0 Å². The standard InChI is InChI=1S/C22H34N4O3/c1-16(2)6-9-24-11-8-22(14-24)15-25(12-13-29-22)20(28)7-10-26-18(4)21(19(5)27)17(3)23-26/h6H,7-15H2,1-5H3. The summed E-state index contributed by atoms with van der Waals surface area (Å²) < 4.78 is 7.95. The Bertz CT molecular complexity index is 809. The average Bonchev–Trinajstić information content (AvgIpc) is 3.18. The number of nitrogens with zero attached hydrogens (tertiary/aromatic N) is 4. The number of hydrogen-bond donors (Lipinski definition) is 0. The maximum Gasteiger partial charge on any atom is 0.224 e. The Labute approximate surface area is 173 Å². The normalized spacial score (nSPS) is 22.3. The average molecular weight is 403 g/mol. The lowest BCUT2D eigenvalue weighted by Crippen LogP contribution is -2.55. The minimum absolute atomic E-state index is 0.0200. The highest BCUT2D eigenvalue weighted by atomic mass is 16.5. The highest BCUT2D eigenvalue weighted by Gasteiger charge is 2.43. The topological polar surface area (TPSA) is 67.7 Å². The Balaban J connectivity index is 1.57. The largest absolute Gasteiger partial charge is 0.370 e. The van der Waals surface area contributed by atoms with Gasteiger partial charge in [-0.05, 0) is 41.0 Å². The van der Waals surface area contributed by atoms with E-state index < -0.39 is 0 Å². The third kappa shape index (κ3) is 4.95. The number of ketones is 1. The van der Waals surface area contributed by atoms with Gasteiger partial charge in [0.2, 0.25) is 5.91 Å². The molecule has 1 atom stereocenters. The number of amides is 1. The zero-order valence-corrected chi connectivity index (χ0v) is 18.5. The van der Waals surface area contributed by atoms with E-state index in [1.165, 1.54) is 5.57 Å². The first-order chi connectivity index (χ1) is 13.7. The SMILES string of the molecule is CC(=O)c1c(C)nn(CCC(=O)N2CCOC3(CCN(CC=C(C)C)C3)C2)c1C. The third-order valence-electron chi connectivity index (χ3n) is 6.03. The summed E-state index contributed by atoms with van der Waals surface area (Å²) >= 11 is 0. The summed E-state index contributed by atoms with van der Waals surface area (Å²) in [6, 6.07) is 0. The lowest BCUT2D eigenvalue weighted by Gasteiger charge is -2.40. The molecule has 2 aliphatic rings. The smallest absolute Gasteiger partial charge is 0.224 e. The molecule has 1 spiro atoms. The van der Waals surface area contributed by atoms with Crippen LogP contribution >= 0.6 is 0 Å². The summed E-state index contributed by atoms with van der Waals surface area (Å²) in [5.41, 5.74) is 3.33. The van der Waals surface area contributed by atoms with Crippen LogP contribution in [0.15, 0.2) is 11.6 Å². The number of carbonyl (C=O) groups is 2. The molecule has 0 aromatic carbocycles. The van der Waals surface area contributed by atoms with Gasteiger partial charge < -0.3 is 9.64 Å². The fourth-order valence-corrected chi connectivity index (χ4v) is 4.48. The summed E-state index contributed by atoms with van der Waals surface area (Å²) in [6.07, 6.45) is 3.60. The van der Waals surface area contributed by atoms with Crippen molar-refractivity contribution in [2.75, 3.05) is 39.3 Å². The molecule has 2 fully saturated rings. The quantitative estimate of drug-likeness (QED) is 0.540. The molecule has 7 nitrogen and oxygen atoms in total. The Hall–Kier alpha value is -1.99. The van der Waals surface area contributed by atoms with Crippen molar-refractivity contribution in [1.82, 2.24) is 19.6 Å². The van der Waals surface area contributed by atoms with Crippen LogP contribution in [0.2, 0.25) is 0 Å². The van der Waals surface area contributed by atoms with E-state index in [0.29, 0.717) is 38.2 Å². The van der Waals surface area contributed by atoms with Crippen LogP contribution in [0.3, 0.4) is 0 Å². The van der Waals surface area contributed by atoms with E-state index in [4.69, 9.17) is 4.74 Å². The predicted molar refractivity (Wildman–Crippen MR) is 112 cm³/mol. The summed E-state index contributed by atoms with van der Waals surface area (Å²) in [4.78, 5) is 29.0. The van der Waals surface area contributed by atoms with Crippen molar-refractivity contribution in [3.63, 3.8) is 0 Å². The summed E-state index contributed by atoms with van der Waals surface area (Å²) in [6.45, 7) is 14.7. The van der Waals surface area contributed by atoms with Gasteiger partial charge in [-0.3, -0.25) is 19.2 Å². The molecule has 160 valence electrons. The number of carbonyl (C=O) groups excluding carboxylic acids is 2. The highest BCUT2D eigenvalue weighted by Crippen LogP contribution is 2.29. The Morgan fingerprint density at radius 1 is 1.17 bits per heavy atom. The fraction of sp³-hybridized carbons (Fsp3) is 0.682. The summed E-state index contributed by atoms with van der Waals surface area (Å²) in [7, 11) is 0. The van der Waals surface area contributed by atoms with E-state index in [-0.39, 0.29) is 17.3 Å². The number of allylic oxidation sites excluding steroid dienone is 1. The van der Waals surface area contributed by atoms with Gasteiger partial charge in [-0.25, -0.2) is 0 Å². The van der Waals surface area contributed by atoms with Crippen LogP contribution in [0.4, 0.5) is 0 Å². The molecule has 0 aliphatic carbocycles. The van der Waals surface area contributed by atoms with Crippen molar-refractivity contribution < 1.29 is 14.3 Å². The molecule has 0 N–H and O–H groups in total. The van der Waals surface area contributed by atoms with Gasteiger partial charge in [0, 0.05) is 44.8 Å². The highest BCUT2D eigenvalue weighted by molar-refractivity contribution is 5.96. The second kappa shape index (κ2) is 8.79. The minimum Gasteiger partial charge on any atom is -0.370 e. The molecule has 7 heteroatoms. The molecule has 3 rings (SSSR count). The molecule has 1 amide bonds. The molecule has 3 heterocycles. The molecule has 1 aromatic rings. The van der Waals surface area contributed by atoms with E-state index in [2.05, 4.69) is 29.9 Å². The monoisotopic (exact) mass is 402 g/mol. The number of ether oxygens (including phenoxy) is 1. The number of rotatable bonds is 6.